The first-order valence-electron chi connectivity index (χ1n) is 7.91. The van der Waals surface area contributed by atoms with Crippen LogP contribution in [0.5, 0.6) is 0 Å². The van der Waals surface area contributed by atoms with Crippen molar-refractivity contribution in [2.75, 3.05) is 13.1 Å². The summed E-state index contributed by atoms with van der Waals surface area (Å²) in [6.07, 6.45) is 6.79. The van der Waals surface area contributed by atoms with E-state index in [-0.39, 0.29) is 5.91 Å². The maximum Gasteiger partial charge on any atom is 0.253 e. The molecule has 1 saturated heterocycles. The molecule has 1 aliphatic rings. The average Bonchev–Trinajstić information content (AvgIpc) is 3.06. The van der Waals surface area contributed by atoms with Gasteiger partial charge in [0, 0.05) is 36.6 Å². The number of carbonyl (C=O) groups is 1. The molecule has 5 heteroatoms. The molecule has 116 valence electrons. The number of hydrogen-bond donors (Lipinski definition) is 0. The standard InChI is InChI=1S/C18H17N3O2/c22-18(21-10-2-1-3-11-21)14-4-5-16-15(12-14)20-17(23-16)13-6-8-19-9-7-13/h4-9,12H,1-3,10-11H2. The molecule has 1 aliphatic heterocycles. The number of carbonyl (C=O) groups excluding carboxylic acids is 1. The lowest BCUT2D eigenvalue weighted by Gasteiger charge is -2.26. The normalized spacial score (nSPS) is 15.0. The van der Waals surface area contributed by atoms with Crippen LogP contribution in [0.15, 0.2) is 47.1 Å². The molecule has 0 spiro atoms. The highest BCUT2D eigenvalue weighted by Gasteiger charge is 2.19. The van der Waals surface area contributed by atoms with Crippen molar-refractivity contribution in [3.63, 3.8) is 0 Å². The van der Waals surface area contributed by atoms with Crippen LogP contribution in [0.25, 0.3) is 22.6 Å². The van der Waals surface area contributed by atoms with Gasteiger partial charge in [-0.2, -0.15) is 0 Å². The van der Waals surface area contributed by atoms with Crippen LogP contribution in [0.1, 0.15) is 29.6 Å². The van der Waals surface area contributed by atoms with Gasteiger partial charge in [-0.05, 0) is 49.6 Å². The van der Waals surface area contributed by atoms with Gasteiger partial charge in [-0.1, -0.05) is 0 Å². The minimum Gasteiger partial charge on any atom is -0.436 e. The van der Waals surface area contributed by atoms with Crippen molar-refractivity contribution >= 4 is 17.0 Å². The average molecular weight is 307 g/mol. The van der Waals surface area contributed by atoms with E-state index in [0.717, 1.165) is 31.5 Å². The van der Waals surface area contributed by atoms with E-state index in [2.05, 4.69) is 9.97 Å². The van der Waals surface area contributed by atoms with Crippen LogP contribution in [0.2, 0.25) is 0 Å². The number of rotatable bonds is 2. The molecule has 1 aromatic carbocycles. The van der Waals surface area contributed by atoms with E-state index in [4.69, 9.17) is 4.42 Å². The molecule has 2 aromatic heterocycles. The van der Waals surface area contributed by atoms with Crippen molar-refractivity contribution in [3.8, 4) is 11.5 Å². The zero-order valence-corrected chi connectivity index (χ0v) is 12.7. The number of pyridine rings is 1. The maximum absolute atomic E-state index is 12.6. The molecular weight excluding hydrogens is 290 g/mol. The Labute approximate surface area is 134 Å². The van der Waals surface area contributed by atoms with E-state index < -0.39 is 0 Å². The molecule has 23 heavy (non-hydrogen) atoms. The van der Waals surface area contributed by atoms with Crippen LogP contribution in [-0.4, -0.2) is 33.9 Å². The molecule has 0 aliphatic carbocycles. The van der Waals surface area contributed by atoms with Crippen molar-refractivity contribution in [1.82, 2.24) is 14.9 Å². The highest BCUT2D eigenvalue weighted by atomic mass is 16.3. The fourth-order valence-corrected chi connectivity index (χ4v) is 2.96. The van der Waals surface area contributed by atoms with E-state index in [1.807, 2.05) is 35.2 Å². The van der Waals surface area contributed by atoms with Gasteiger partial charge in [0.1, 0.15) is 5.52 Å². The molecule has 4 rings (SSSR count). The number of likely N-dealkylation sites (tertiary alicyclic amines) is 1. The Bertz CT molecular complexity index is 836. The van der Waals surface area contributed by atoms with Gasteiger partial charge >= 0.3 is 0 Å². The van der Waals surface area contributed by atoms with Gasteiger partial charge in [0.15, 0.2) is 5.58 Å². The number of oxazole rings is 1. The number of nitrogens with zero attached hydrogens (tertiary/aromatic N) is 3. The quantitative estimate of drug-likeness (QED) is 0.727. The van der Waals surface area contributed by atoms with Crippen LogP contribution in [0.4, 0.5) is 0 Å². The van der Waals surface area contributed by atoms with Crippen LogP contribution in [-0.2, 0) is 0 Å². The van der Waals surface area contributed by atoms with Crippen molar-refractivity contribution in [2.24, 2.45) is 0 Å². The van der Waals surface area contributed by atoms with Crippen molar-refractivity contribution < 1.29 is 9.21 Å². The fraction of sp³-hybridized carbons (Fsp3) is 0.278. The van der Waals surface area contributed by atoms with Gasteiger partial charge < -0.3 is 9.32 Å². The molecular formula is C18H17N3O2. The van der Waals surface area contributed by atoms with Crippen LogP contribution < -0.4 is 0 Å². The molecule has 0 N–H and O–H groups in total. The molecule has 0 atom stereocenters. The Hall–Kier alpha value is -2.69. The first kappa shape index (κ1) is 13.9. The number of aromatic nitrogens is 2. The Morgan fingerprint density at radius 2 is 1.83 bits per heavy atom. The number of amides is 1. The summed E-state index contributed by atoms with van der Waals surface area (Å²) in [7, 11) is 0. The Balaban J connectivity index is 1.66. The molecule has 1 fully saturated rings. The minimum absolute atomic E-state index is 0.0834. The first-order chi connectivity index (χ1) is 11.3. The van der Waals surface area contributed by atoms with E-state index in [1.165, 1.54) is 6.42 Å². The highest BCUT2D eigenvalue weighted by molar-refractivity contribution is 5.97. The van der Waals surface area contributed by atoms with E-state index in [9.17, 15) is 4.79 Å². The van der Waals surface area contributed by atoms with Gasteiger partial charge in [-0.3, -0.25) is 9.78 Å². The van der Waals surface area contributed by atoms with Gasteiger partial charge in [0.05, 0.1) is 0 Å². The third kappa shape index (κ3) is 2.70. The lowest BCUT2D eigenvalue weighted by molar-refractivity contribution is 0.0724. The maximum atomic E-state index is 12.6. The van der Waals surface area contributed by atoms with Gasteiger partial charge in [-0.25, -0.2) is 4.98 Å². The molecule has 1 amide bonds. The molecule has 0 saturated carbocycles. The predicted molar refractivity (Wildman–Crippen MR) is 87.0 cm³/mol. The fourth-order valence-electron chi connectivity index (χ4n) is 2.96. The number of piperidine rings is 1. The number of fused-ring (bicyclic) bond motifs is 1. The summed E-state index contributed by atoms with van der Waals surface area (Å²) in [6.45, 7) is 1.69. The summed E-state index contributed by atoms with van der Waals surface area (Å²) in [6, 6.07) is 9.17. The molecule has 0 unspecified atom stereocenters. The van der Waals surface area contributed by atoms with Crippen LogP contribution in [0, 0.1) is 0 Å². The molecule has 3 aromatic rings. The van der Waals surface area contributed by atoms with Crippen LogP contribution in [0.3, 0.4) is 0 Å². The number of benzene rings is 1. The van der Waals surface area contributed by atoms with E-state index >= 15 is 0 Å². The zero-order valence-electron chi connectivity index (χ0n) is 12.7. The first-order valence-corrected chi connectivity index (χ1v) is 7.91. The van der Waals surface area contributed by atoms with Gasteiger partial charge in [-0.15, -0.1) is 0 Å². The second-order valence-corrected chi connectivity index (χ2v) is 5.79. The largest absolute Gasteiger partial charge is 0.436 e. The molecule has 0 bridgehead atoms. The second kappa shape index (κ2) is 5.83. The van der Waals surface area contributed by atoms with Crippen molar-refractivity contribution in [3.05, 3.63) is 48.3 Å². The van der Waals surface area contributed by atoms with E-state index in [1.54, 1.807) is 12.4 Å². The SMILES string of the molecule is O=C(c1ccc2oc(-c3ccncc3)nc2c1)N1CCCCC1. The van der Waals surface area contributed by atoms with Crippen molar-refractivity contribution in [1.29, 1.82) is 0 Å². The predicted octanol–water partition coefficient (Wildman–Crippen LogP) is 3.52. The van der Waals surface area contributed by atoms with Crippen molar-refractivity contribution in [2.45, 2.75) is 19.3 Å². The Morgan fingerprint density at radius 1 is 1.04 bits per heavy atom. The Kier molecular flexibility index (Phi) is 3.54. The lowest BCUT2D eigenvalue weighted by atomic mass is 10.1. The summed E-state index contributed by atoms with van der Waals surface area (Å²) in [4.78, 5) is 23.0. The van der Waals surface area contributed by atoms with Gasteiger partial charge in [0.25, 0.3) is 5.91 Å². The summed E-state index contributed by atoms with van der Waals surface area (Å²) in [5.41, 5.74) is 2.95. The van der Waals surface area contributed by atoms with Crippen LogP contribution >= 0.6 is 0 Å². The topological polar surface area (TPSA) is 59.2 Å². The smallest absolute Gasteiger partial charge is 0.253 e. The molecule has 3 heterocycles. The summed E-state index contributed by atoms with van der Waals surface area (Å²) < 4.78 is 5.77. The third-order valence-corrected chi connectivity index (χ3v) is 4.21. The summed E-state index contributed by atoms with van der Waals surface area (Å²) in [5, 5.41) is 0. The third-order valence-electron chi connectivity index (χ3n) is 4.21. The Morgan fingerprint density at radius 3 is 2.61 bits per heavy atom. The highest BCUT2D eigenvalue weighted by Crippen LogP contribution is 2.25. The zero-order chi connectivity index (χ0) is 15.6. The van der Waals surface area contributed by atoms with E-state index in [0.29, 0.717) is 22.6 Å². The summed E-state index contributed by atoms with van der Waals surface area (Å²) in [5.74, 6) is 0.630. The van der Waals surface area contributed by atoms with Gasteiger partial charge in [0.2, 0.25) is 5.89 Å². The molecule has 0 radical (unpaired) electrons. The summed E-state index contributed by atoms with van der Waals surface area (Å²) >= 11 is 0. The number of hydrogen-bond acceptors (Lipinski definition) is 4. The lowest BCUT2D eigenvalue weighted by Crippen LogP contribution is -2.35. The molecule has 5 nitrogen and oxygen atoms in total. The monoisotopic (exact) mass is 307 g/mol. The second-order valence-electron chi connectivity index (χ2n) is 5.79. The minimum atomic E-state index is 0.0834.